The third-order valence-electron chi connectivity index (χ3n) is 2.60. The molecule has 2 nitrogen and oxygen atoms in total. The first-order chi connectivity index (χ1) is 6.68. The van der Waals surface area contributed by atoms with E-state index in [1.807, 2.05) is 11.9 Å². The van der Waals surface area contributed by atoms with Crippen LogP contribution in [0.5, 0.6) is 0 Å². The monoisotopic (exact) mass is 214 g/mol. The highest BCUT2D eigenvalue weighted by Gasteiger charge is 2.23. The molecule has 0 radical (unpaired) electrons. The summed E-state index contributed by atoms with van der Waals surface area (Å²) in [6.45, 7) is 1.81. The SMILES string of the molecule is CN(c1cc(Cl)ccc1F)C1CNC1. The molecule has 14 heavy (non-hydrogen) atoms. The smallest absolute Gasteiger partial charge is 0.146 e. The molecular formula is C10H12ClFN2. The number of anilines is 1. The van der Waals surface area contributed by atoms with Gasteiger partial charge < -0.3 is 10.2 Å². The lowest BCUT2D eigenvalue weighted by Crippen LogP contribution is -2.56. The summed E-state index contributed by atoms with van der Waals surface area (Å²) in [5, 5.41) is 3.72. The van der Waals surface area contributed by atoms with Crippen molar-refractivity contribution in [3.8, 4) is 0 Å². The second-order valence-corrected chi connectivity index (χ2v) is 3.96. The third kappa shape index (κ3) is 1.70. The number of rotatable bonds is 2. The fraction of sp³-hybridized carbons (Fsp3) is 0.400. The first kappa shape index (κ1) is 9.74. The van der Waals surface area contributed by atoms with Crippen molar-refractivity contribution >= 4 is 17.3 Å². The standard InChI is InChI=1S/C10H12ClFN2/c1-14(8-5-13-6-8)10-4-7(11)2-3-9(10)12/h2-4,8,13H,5-6H2,1H3. The zero-order chi connectivity index (χ0) is 10.1. The van der Waals surface area contributed by atoms with Crippen LogP contribution in [0.4, 0.5) is 10.1 Å². The number of halogens is 2. The Kier molecular flexibility index (Phi) is 2.61. The van der Waals surface area contributed by atoms with E-state index in [0.29, 0.717) is 16.8 Å². The zero-order valence-corrected chi connectivity index (χ0v) is 8.68. The van der Waals surface area contributed by atoms with Crippen LogP contribution in [0.2, 0.25) is 5.02 Å². The minimum atomic E-state index is -0.219. The molecule has 1 heterocycles. The van der Waals surface area contributed by atoms with Gasteiger partial charge in [0.1, 0.15) is 5.82 Å². The molecule has 2 rings (SSSR count). The molecule has 1 aliphatic rings. The van der Waals surface area contributed by atoms with E-state index in [9.17, 15) is 4.39 Å². The van der Waals surface area contributed by atoms with Gasteiger partial charge in [0, 0.05) is 25.2 Å². The van der Waals surface area contributed by atoms with Gasteiger partial charge in [0.2, 0.25) is 0 Å². The lowest BCUT2D eigenvalue weighted by molar-refractivity contribution is 0.425. The summed E-state index contributed by atoms with van der Waals surface area (Å²) in [4.78, 5) is 1.93. The van der Waals surface area contributed by atoms with Gasteiger partial charge in [0.05, 0.1) is 11.7 Å². The Morgan fingerprint density at radius 2 is 2.21 bits per heavy atom. The van der Waals surface area contributed by atoms with Crippen LogP contribution in [0, 0.1) is 5.82 Å². The highest BCUT2D eigenvalue weighted by Crippen LogP contribution is 2.24. The molecule has 0 unspecified atom stereocenters. The van der Waals surface area contributed by atoms with Crippen molar-refractivity contribution in [3.63, 3.8) is 0 Å². The van der Waals surface area contributed by atoms with Gasteiger partial charge in [-0.25, -0.2) is 4.39 Å². The number of likely N-dealkylation sites (N-methyl/N-ethyl adjacent to an activating group) is 1. The van der Waals surface area contributed by atoms with Crippen molar-refractivity contribution in [3.05, 3.63) is 29.0 Å². The first-order valence-corrected chi connectivity index (χ1v) is 4.95. The molecule has 1 aromatic rings. The number of benzene rings is 1. The molecule has 76 valence electrons. The summed E-state index contributed by atoms with van der Waals surface area (Å²) in [7, 11) is 1.89. The van der Waals surface area contributed by atoms with E-state index in [1.54, 1.807) is 12.1 Å². The lowest BCUT2D eigenvalue weighted by Gasteiger charge is -2.37. The van der Waals surface area contributed by atoms with Crippen LogP contribution in [-0.4, -0.2) is 26.2 Å². The van der Waals surface area contributed by atoms with Crippen molar-refractivity contribution < 1.29 is 4.39 Å². The lowest BCUT2D eigenvalue weighted by atomic mass is 10.1. The predicted molar refractivity (Wildman–Crippen MR) is 56.5 cm³/mol. The van der Waals surface area contributed by atoms with Crippen molar-refractivity contribution in [1.29, 1.82) is 0 Å². The number of nitrogens with one attached hydrogen (secondary N) is 1. The molecule has 1 aliphatic heterocycles. The van der Waals surface area contributed by atoms with Crippen LogP contribution in [0.1, 0.15) is 0 Å². The largest absolute Gasteiger partial charge is 0.367 e. The average molecular weight is 215 g/mol. The topological polar surface area (TPSA) is 15.3 Å². The first-order valence-electron chi connectivity index (χ1n) is 4.57. The van der Waals surface area contributed by atoms with E-state index >= 15 is 0 Å². The van der Waals surface area contributed by atoms with E-state index < -0.39 is 0 Å². The summed E-state index contributed by atoms with van der Waals surface area (Å²) in [5.74, 6) is -0.219. The summed E-state index contributed by atoms with van der Waals surface area (Å²) in [6, 6.07) is 5.01. The van der Waals surface area contributed by atoms with Gasteiger partial charge in [-0.15, -0.1) is 0 Å². The average Bonchev–Trinajstić information content (AvgIpc) is 2.06. The van der Waals surface area contributed by atoms with Crippen molar-refractivity contribution in [2.45, 2.75) is 6.04 Å². The zero-order valence-electron chi connectivity index (χ0n) is 7.93. The molecule has 1 N–H and O–H groups in total. The Morgan fingerprint density at radius 3 is 2.79 bits per heavy atom. The van der Waals surface area contributed by atoms with Gasteiger partial charge in [-0.05, 0) is 18.2 Å². The molecule has 0 aromatic heterocycles. The molecule has 0 saturated carbocycles. The Morgan fingerprint density at radius 1 is 1.50 bits per heavy atom. The van der Waals surface area contributed by atoms with Gasteiger partial charge in [-0.2, -0.15) is 0 Å². The van der Waals surface area contributed by atoms with Crippen LogP contribution in [0.15, 0.2) is 18.2 Å². The number of nitrogens with zero attached hydrogens (tertiary/aromatic N) is 1. The Hall–Kier alpha value is -0.800. The maximum absolute atomic E-state index is 13.4. The van der Waals surface area contributed by atoms with Gasteiger partial charge >= 0.3 is 0 Å². The normalized spacial score (nSPS) is 16.5. The molecular weight excluding hydrogens is 203 g/mol. The summed E-state index contributed by atoms with van der Waals surface area (Å²) < 4.78 is 13.4. The second kappa shape index (κ2) is 3.75. The minimum Gasteiger partial charge on any atom is -0.367 e. The number of hydrogen-bond donors (Lipinski definition) is 1. The molecule has 0 atom stereocenters. The predicted octanol–water partition coefficient (Wildman–Crippen LogP) is 1.89. The maximum atomic E-state index is 13.4. The quantitative estimate of drug-likeness (QED) is 0.809. The van der Waals surface area contributed by atoms with Crippen LogP contribution in [-0.2, 0) is 0 Å². The van der Waals surface area contributed by atoms with Gasteiger partial charge in [0.15, 0.2) is 0 Å². The highest BCUT2D eigenvalue weighted by atomic mass is 35.5. The molecule has 0 bridgehead atoms. The van der Waals surface area contributed by atoms with Gasteiger partial charge in [0.25, 0.3) is 0 Å². The van der Waals surface area contributed by atoms with Crippen LogP contribution >= 0.6 is 11.6 Å². The Balaban J connectivity index is 2.24. The van der Waals surface area contributed by atoms with Crippen LogP contribution in [0.25, 0.3) is 0 Å². The van der Waals surface area contributed by atoms with Crippen molar-refractivity contribution in [1.82, 2.24) is 5.32 Å². The fourth-order valence-electron chi connectivity index (χ4n) is 1.50. The molecule has 0 amide bonds. The highest BCUT2D eigenvalue weighted by molar-refractivity contribution is 6.30. The van der Waals surface area contributed by atoms with E-state index in [2.05, 4.69) is 5.32 Å². The molecule has 4 heteroatoms. The second-order valence-electron chi connectivity index (χ2n) is 3.52. The molecule has 0 spiro atoms. The summed E-state index contributed by atoms with van der Waals surface area (Å²) >= 11 is 5.82. The van der Waals surface area contributed by atoms with Crippen molar-refractivity contribution in [2.24, 2.45) is 0 Å². The fourth-order valence-corrected chi connectivity index (χ4v) is 1.67. The third-order valence-corrected chi connectivity index (χ3v) is 2.83. The molecule has 1 saturated heterocycles. The van der Waals surface area contributed by atoms with Crippen LogP contribution < -0.4 is 10.2 Å². The number of hydrogen-bond acceptors (Lipinski definition) is 2. The Labute approximate surface area is 87.7 Å². The molecule has 1 fully saturated rings. The van der Waals surface area contributed by atoms with E-state index in [-0.39, 0.29) is 5.82 Å². The molecule has 1 aromatic carbocycles. The Bertz CT molecular complexity index is 339. The van der Waals surface area contributed by atoms with E-state index in [4.69, 9.17) is 11.6 Å². The molecule has 0 aliphatic carbocycles. The van der Waals surface area contributed by atoms with Gasteiger partial charge in [-0.1, -0.05) is 11.6 Å². The van der Waals surface area contributed by atoms with Crippen molar-refractivity contribution in [2.75, 3.05) is 25.0 Å². The van der Waals surface area contributed by atoms with Gasteiger partial charge in [-0.3, -0.25) is 0 Å². The summed E-state index contributed by atoms with van der Waals surface area (Å²) in [6.07, 6.45) is 0. The summed E-state index contributed by atoms with van der Waals surface area (Å²) in [5.41, 5.74) is 0.573. The minimum absolute atomic E-state index is 0.219. The maximum Gasteiger partial charge on any atom is 0.146 e. The van der Waals surface area contributed by atoms with E-state index in [0.717, 1.165) is 13.1 Å². The van der Waals surface area contributed by atoms with Crippen LogP contribution in [0.3, 0.4) is 0 Å². The van der Waals surface area contributed by atoms with E-state index in [1.165, 1.54) is 6.07 Å².